The minimum Gasteiger partial charge on any atom is -0.481 e. The first kappa shape index (κ1) is 14.4. The number of nitrogens with zero attached hydrogens (tertiary/aromatic N) is 1. The van der Waals surface area contributed by atoms with E-state index in [1.54, 1.807) is 0 Å². The van der Waals surface area contributed by atoms with E-state index in [4.69, 9.17) is 9.84 Å². The number of carboxylic acid groups (broad SMARTS) is 1. The molecule has 0 amide bonds. The fourth-order valence-electron chi connectivity index (χ4n) is 1.71. The monoisotopic (exact) mass is 291 g/mol. The maximum absolute atomic E-state index is 12.8. The number of nitro benzene ring substituents is 1. The van der Waals surface area contributed by atoms with Crippen molar-refractivity contribution in [2.45, 2.75) is 6.42 Å². The van der Waals surface area contributed by atoms with Crippen LogP contribution < -0.4 is 4.74 Å². The van der Waals surface area contributed by atoms with Gasteiger partial charge < -0.3 is 9.84 Å². The third-order valence-electron chi connectivity index (χ3n) is 2.64. The van der Waals surface area contributed by atoms with Gasteiger partial charge in [0.15, 0.2) is 0 Å². The maximum Gasteiger partial charge on any atom is 0.307 e. The zero-order chi connectivity index (χ0) is 15.4. The summed E-state index contributed by atoms with van der Waals surface area (Å²) < 4.78 is 18.3. The number of halogens is 1. The maximum atomic E-state index is 12.8. The predicted molar refractivity (Wildman–Crippen MR) is 70.9 cm³/mol. The van der Waals surface area contributed by atoms with Gasteiger partial charge in [0.25, 0.3) is 5.69 Å². The van der Waals surface area contributed by atoms with E-state index in [0.717, 1.165) is 6.07 Å². The van der Waals surface area contributed by atoms with Crippen molar-refractivity contribution in [2.24, 2.45) is 0 Å². The van der Waals surface area contributed by atoms with Crippen LogP contribution >= 0.6 is 0 Å². The molecule has 2 aromatic rings. The molecule has 6 nitrogen and oxygen atoms in total. The fourth-order valence-corrected chi connectivity index (χ4v) is 1.71. The van der Waals surface area contributed by atoms with Crippen molar-refractivity contribution < 1.29 is 24.0 Å². The average molecular weight is 291 g/mol. The van der Waals surface area contributed by atoms with Crippen LogP contribution in [0.2, 0.25) is 0 Å². The normalized spacial score (nSPS) is 10.1. The van der Waals surface area contributed by atoms with E-state index < -0.39 is 23.1 Å². The van der Waals surface area contributed by atoms with Crippen molar-refractivity contribution in [3.05, 3.63) is 64.0 Å². The van der Waals surface area contributed by atoms with Gasteiger partial charge in [-0.3, -0.25) is 14.9 Å². The van der Waals surface area contributed by atoms with Crippen LogP contribution in [-0.2, 0) is 11.2 Å². The van der Waals surface area contributed by atoms with Crippen LogP contribution in [0.25, 0.3) is 0 Å². The Bertz CT molecular complexity index is 684. The highest BCUT2D eigenvalue weighted by Gasteiger charge is 2.15. The number of ether oxygens (including phenoxy) is 1. The highest BCUT2D eigenvalue weighted by Crippen LogP contribution is 2.29. The quantitative estimate of drug-likeness (QED) is 0.675. The lowest BCUT2D eigenvalue weighted by molar-refractivity contribution is -0.384. The number of rotatable bonds is 5. The Morgan fingerprint density at radius 1 is 1.24 bits per heavy atom. The summed E-state index contributed by atoms with van der Waals surface area (Å²) in [7, 11) is 0. The van der Waals surface area contributed by atoms with Gasteiger partial charge in [-0.1, -0.05) is 0 Å². The Morgan fingerprint density at radius 3 is 2.48 bits per heavy atom. The second kappa shape index (κ2) is 6.00. The molecule has 0 unspecified atom stereocenters. The average Bonchev–Trinajstić information content (AvgIpc) is 2.42. The summed E-state index contributed by atoms with van der Waals surface area (Å²) in [6.07, 6.45) is -0.418. The van der Waals surface area contributed by atoms with Crippen molar-refractivity contribution in [1.29, 1.82) is 0 Å². The zero-order valence-corrected chi connectivity index (χ0v) is 10.7. The molecule has 0 spiro atoms. The lowest BCUT2D eigenvalue weighted by Gasteiger charge is -2.10. The Balaban J connectivity index is 2.34. The number of non-ortho nitro benzene ring substituents is 1. The van der Waals surface area contributed by atoms with Gasteiger partial charge in [0.05, 0.1) is 11.3 Å². The fraction of sp³-hybridized carbons (Fsp3) is 0.0714. The lowest BCUT2D eigenvalue weighted by atomic mass is 10.1. The first-order chi connectivity index (χ1) is 9.95. The van der Waals surface area contributed by atoms with Gasteiger partial charge in [-0.15, -0.1) is 0 Å². The van der Waals surface area contributed by atoms with Crippen LogP contribution in [0.3, 0.4) is 0 Å². The Kier molecular flexibility index (Phi) is 4.13. The molecule has 21 heavy (non-hydrogen) atoms. The van der Waals surface area contributed by atoms with Gasteiger partial charge in [-0.2, -0.15) is 0 Å². The van der Waals surface area contributed by atoms with Crippen molar-refractivity contribution in [3.63, 3.8) is 0 Å². The van der Waals surface area contributed by atoms with Crippen molar-refractivity contribution in [2.75, 3.05) is 0 Å². The number of nitro groups is 1. The molecule has 2 rings (SSSR count). The molecule has 0 heterocycles. The molecular formula is C14H10FNO5. The second-order valence-corrected chi connectivity index (χ2v) is 4.18. The molecule has 0 atom stereocenters. The molecular weight excluding hydrogens is 281 g/mol. The first-order valence-corrected chi connectivity index (χ1v) is 5.88. The summed E-state index contributed by atoms with van der Waals surface area (Å²) in [5.74, 6) is -1.09. The smallest absolute Gasteiger partial charge is 0.307 e. The minimum absolute atomic E-state index is 0.168. The molecule has 108 valence electrons. The van der Waals surface area contributed by atoms with Gasteiger partial charge in [-0.05, 0) is 30.3 Å². The summed E-state index contributed by atoms with van der Waals surface area (Å²) >= 11 is 0. The SMILES string of the molecule is O=C(O)Cc1cc([N+](=O)[O-])ccc1Oc1ccc(F)cc1. The molecule has 2 aromatic carbocycles. The number of benzene rings is 2. The third kappa shape index (κ3) is 3.75. The third-order valence-corrected chi connectivity index (χ3v) is 2.64. The summed E-state index contributed by atoms with van der Waals surface area (Å²) in [6, 6.07) is 8.81. The van der Waals surface area contributed by atoms with Crippen LogP contribution in [0.4, 0.5) is 10.1 Å². The van der Waals surface area contributed by atoms with Crippen LogP contribution in [0.1, 0.15) is 5.56 Å². The highest BCUT2D eigenvalue weighted by atomic mass is 19.1. The van der Waals surface area contributed by atoms with Gasteiger partial charge in [-0.25, -0.2) is 4.39 Å². The minimum atomic E-state index is -1.14. The van der Waals surface area contributed by atoms with E-state index in [1.807, 2.05) is 0 Å². The first-order valence-electron chi connectivity index (χ1n) is 5.88. The number of aliphatic carboxylic acids is 1. The molecule has 0 aliphatic heterocycles. The molecule has 0 saturated carbocycles. The predicted octanol–water partition coefficient (Wildman–Crippen LogP) is 3.15. The summed E-state index contributed by atoms with van der Waals surface area (Å²) in [5.41, 5.74) is -0.0567. The van der Waals surface area contributed by atoms with Gasteiger partial charge in [0.1, 0.15) is 17.3 Å². The zero-order valence-electron chi connectivity index (χ0n) is 10.7. The molecule has 1 N–H and O–H groups in total. The number of hydrogen-bond donors (Lipinski definition) is 1. The molecule has 0 fully saturated rings. The van der Waals surface area contributed by atoms with Crippen LogP contribution in [0.15, 0.2) is 42.5 Å². The molecule has 0 radical (unpaired) electrons. The van der Waals surface area contributed by atoms with Crippen molar-refractivity contribution in [3.8, 4) is 11.5 Å². The Hall–Kier alpha value is -2.96. The van der Waals surface area contributed by atoms with Crippen LogP contribution in [-0.4, -0.2) is 16.0 Å². The molecule has 0 bridgehead atoms. The van der Waals surface area contributed by atoms with E-state index in [2.05, 4.69) is 0 Å². The van der Waals surface area contributed by atoms with Crippen molar-refractivity contribution in [1.82, 2.24) is 0 Å². The largest absolute Gasteiger partial charge is 0.481 e. The topological polar surface area (TPSA) is 89.7 Å². The number of carboxylic acids is 1. The highest BCUT2D eigenvalue weighted by molar-refractivity contribution is 5.72. The molecule has 0 aromatic heterocycles. The molecule has 0 aliphatic carbocycles. The number of carbonyl (C=O) groups is 1. The number of hydrogen-bond acceptors (Lipinski definition) is 4. The van der Waals surface area contributed by atoms with Crippen LogP contribution in [0.5, 0.6) is 11.5 Å². The van der Waals surface area contributed by atoms with E-state index in [-0.39, 0.29) is 17.0 Å². The summed E-state index contributed by atoms with van der Waals surface area (Å²) in [4.78, 5) is 20.9. The van der Waals surface area contributed by atoms with Gasteiger partial charge in [0, 0.05) is 17.7 Å². The molecule has 7 heteroatoms. The van der Waals surface area contributed by atoms with E-state index >= 15 is 0 Å². The lowest BCUT2D eigenvalue weighted by Crippen LogP contribution is -2.03. The van der Waals surface area contributed by atoms with Crippen LogP contribution in [0, 0.1) is 15.9 Å². The van der Waals surface area contributed by atoms with Gasteiger partial charge in [0.2, 0.25) is 0 Å². The summed E-state index contributed by atoms with van der Waals surface area (Å²) in [5, 5.41) is 19.6. The Morgan fingerprint density at radius 2 is 1.90 bits per heavy atom. The van der Waals surface area contributed by atoms with Gasteiger partial charge >= 0.3 is 5.97 Å². The van der Waals surface area contributed by atoms with E-state index in [9.17, 15) is 19.3 Å². The van der Waals surface area contributed by atoms with E-state index in [1.165, 1.54) is 36.4 Å². The van der Waals surface area contributed by atoms with Crippen molar-refractivity contribution >= 4 is 11.7 Å². The second-order valence-electron chi connectivity index (χ2n) is 4.18. The summed E-state index contributed by atoms with van der Waals surface area (Å²) in [6.45, 7) is 0. The molecule has 0 saturated heterocycles. The molecule has 0 aliphatic rings. The van der Waals surface area contributed by atoms with E-state index in [0.29, 0.717) is 5.75 Å². The standard InChI is InChI=1S/C14H10FNO5/c15-10-1-4-12(5-2-10)21-13-6-3-11(16(19)20)7-9(13)8-14(17)18/h1-7H,8H2,(H,17,18). The Labute approximate surface area is 118 Å².